The Kier molecular flexibility index (Phi) is 4.63. The second-order valence-corrected chi connectivity index (χ2v) is 4.37. The summed E-state index contributed by atoms with van der Waals surface area (Å²) in [6, 6.07) is 0. The van der Waals surface area contributed by atoms with Gasteiger partial charge in [-0.05, 0) is 6.42 Å². The van der Waals surface area contributed by atoms with Crippen molar-refractivity contribution in [1.82, 2.24) is 9.03 Å². The highest BCUT2D eigenvalue weighted by Gasteiger charge is 2.12. The smallest absolute Gasteiger partial charge is 0.205 e. The minimum absolute atomic E-state index is 0.583. The molecule has 1 N–H and O–H groups in total. The van der Waals surface area contributed by atoms with E-state index >= 15 is 0 Å². The minimum atomic E-state index is -3.19. The van der Waals surface area contributed by atoms with Crippen molar-refractivity contribution in [1.29, 1.82) is 0 Å². The van der Waals surface area contributed by atoms with E-state index in [-0.39, 0.29) is 0 Å². The topological polar surface area (TPSA) is 49.4 Å². The van der Waals surface area contributed by atoms with Gasteiger partial charge in [0.05, 0.1) is 0 Å². The summed E-state index contributed by atoms with van der Waals surface area (Å²) >= 11 is 0. The lowest BCUT2D eigenvalue weighted by Gasteiger charge is -2.14. The third-order valence-electron chi connectivity index (χ3n) is 1.49. The fraction of sp³-hybridized carbons (Fsp3) is 1.00. The predicted molar refractivity (Wildman–Crippen MR) is 45.5 cm³/mol. The maximum atomic E-state index is 11.0. The SMILES string of the molecule is CCCCN(C)S(=O)(=O)NC. The van der Waals surface area contributed by atoms with Crippen LogP contribution in [0.25, 0.3) is 0 Å². The van der Waals surface area contributed by atoms with Crippen LogP contribution in [0.15, 0.2) is 0 Å². The second kappa shape index (κ2) is 4.69. The molecule has 0 aliphatic heterocycles. The van der Waals surface area contributed by atoms with E-state index in [1.165, 1.54) is 11.4 Å². The van der Waals surface area contributed by atoms with Crippen LogP contribution in [0.3, 0.4) is 0 Å². The van der Waals surface area contributed by atoms with Gasteiger partial charge in [0.2, 0.25) is 0 Å². The van der Waals surface area contributed by atoms with Gasteiger partial charge in [-0.3, -0.25) is 0 Å². The lowest BCUT2D eigenvalue weighted by Crippen LogP contribution is -2.36. The van der Waals surface area contributed by atoms with Gasteiger partial charge in [-0.15, -0.1) is 0 Å². The molecule has 0 saturated heterocycles. The minimum Gasteiger partial charge on any atom is -0.205 e. The van der Waals surface area contributed by atoms with Gasteiger partial charge in [0.25, 0.3) is 10.2 Å². The van der Waals surface area contributed by atoms with E-state index < -0.39 is 10.2 Å². The molecule has 0 heterocycles. The van der Waals surface area contributed by atoms with Gasteiger partial charge in [0.15, 0.2) is 0 Å². The van der Waals surface area contributed by atoms with Crippen LogP contribution in [0.1, 0.15) is 19.8 Å². The molecule has 0 atom stereocenters. The summed E-state index contributed by atoms with van der Waals surface area (Å²) in [6.07, 6.45) is 1.90. The molecule has 11 heavy (non-hydrogen) atoms. The summed E-state index contributed by atoms with van der Waals surface area (Å²) in [5, 5.41) is 0. The van der Waals surface area contributed by atoms with E-state index in [4.69, 9.17) is 0 Å². The molecule has 0 aromatic rings. The Balaban J connectivity index is 3.93. The van der Waals surface area contributed by atoms with Crippen LogP contribution in [-0.4, -0.2) is 33.4 Å². The van der Waals surface area contributed by atoms with Gasteiger partial charge in [0.1, 0.15) is 0 Å². The van der Waals surface area contributed by atoms with Gasteiger partial charge in [-0.1, -0.05) is 13.3 Å². The molecule has 0 radical (unpaired) electrons. The first kappa shape index (κ1) is 10.9. The molecular weight excluding hydrogens is 164 g/mol. The van der Waals surface area contributed by atoms with E-state index in [0.29, 0.717) is 6.54 Å². The summed E-state index contributed by atoms with van der Waals surface area (Å²) in [4.78, 5) is 0. The third-order valence-corrected chi connectivity index (χ3v) is 3.01. The average molecular weight is 180 g/mol. The number of rotatable bonds is 5. The number of nitrogens with one attached hydrogen (secondary N) is 1. The third kappa shape index (κ3) is 3.69. The van der Waals surface area contributed by atoms with Crippen molar-refractivity contribution in [2.24, 2.45) is 0 Å². The monoisotopic (exact) mass is 180 g/mol. The number of hydrogen-bond donors (Lipinski definition) is 1. The molecule has 0 unspecified atom stereocenters. The van der Waals surface area contributed by atoms with Crippen molar-refractivity contribution in [3.05, 3.63) is 0 Å². The summed E-state index contributed by atoms with van der Waals surface area (Å²) < 4.78 is 25.6. The Morgan fingerprint density at radius 2 is 2.00 bits per heavy atom. The van der Waals surface area contributed by atoms with Crippen LogP contribution in [-0.2, 0) is 10.2 Å². The normalized spacial score (nSPS) is 12.4. The number of hydrogen-bond acceptors (Lipinski definition) is 2. The van der Waals surface area contributed by atoms with E-state index in [9.17, 15) is 8.42 Å². The summed E-state index contributed by atoms with van der Waals surface area (Å²) in [7, 11) is -0.202. The van der Waals surface area contributed by atoms with Crippen molar-refractivity contribution in [3.63, 3.8) is 0 Å². The molecule has 0 fully saturated rings. The highest BCUT2D eigenvalue weighted by atomic mass is 32.2. The van der Waals surface area contributed by atoms with Crippen molar-refractivity contribution in [2.75, 3.05) is 20.6 Å². The molecular formula is C6H16N2O2S. The molecule has 0 bridgehead atoms. The number of nitrogens with zero attached hydrogens (tertiary/aromatic N) is 1. The Bertz CT molecular complexity index is 189. The highest BCUT2D eigenvalue weighted by Crippen LogP contribution is 1.96. The van der Waals surface area contributed by atoms with E-state index in [1.54, 1.807) is 7.05 Å². The fourth-order valence-electron chi connectivity index (χ4n) is 0.657. The molecule has 0 aliphatic carbocycles. The van der Waals surface area contributed by atoms with Crippen LogP contribution < -0.4 is 4.72 Å². The molecule has 4 nitrogen and oxygen atoms in total. The largest absolute Gasteiger partial charge is 0.278 e. The Morgan fingerprint density at radius 3 is 2.36 bits per heavy atom. The number of unbranched alkanes of at least 4 members (excludes halogenated alkanes) is 1. The van der Waals surface area contributed by atoms with E-state index in [1.807, 2.05) is 6.92 Å². The first-order valence-electron chi connectivity index (χ1n) is 3.69. The Hall–Kier alpha value is -0.130. The molecule has 0 saturated carbocycles. The van der Waals surface area contributed by atoms with Crippen molar-refractivity contribution in [2.45, 2.75) is 19.8 Å². The highest BCUT2D eigenvalue weighted by molar-refractivity contribution is 7.87. The summed E-state index contributed by atoms with van der Waals surface area (Å²) in [5.74, 6) is 0. The predicted octanol–water partition coefficient (Wildman–Crippen LogP) is 0.182. The molecule has 68 valence electrons. The lowest BCUT2D eigenvalue weighted by atomic mass is 10.3. The van der Waals surface area contributed by atoms with Crippen LogP contribution in [0.4, 0.5) is 0 Å². The standard InChI is InChI=1S/C6H16N2O2S/c1-4-5-6-8(3)11(9,10)7-2/h7H,4-6H2,1-3H3. The lowest BCUT2D eigenvalue weighted by molar-refractivity contribution is 0.453. The van der Waals surface area contributed by atoms with E-state index in [0.717, 1.165) is 12.8 Å². The zero-order valence-electron chi connectivity index (χ0n) is 7.29. The van der Waals surface area contributed by atoms with Crippen LogP contribution in [0, 0.1) is 0 Å². The average Bonchev–Trinajstić information content (AvgIpc) is 2.00. The van der Waals surface area contributed by atoms with Gasteiger partial charge < -0.3 is 0 Å². The molecule has 0 aromatic carbocycles. The van der Waals surface area contributed by atoms with Crippen LogP contribution >= 0.6 is 0 Å². The molecule has 0 amide bonds. The first-order chi connectivity index (χ1) is 5.04. The quantitative estimate of drug-likeness (QED) is 0.656. The van der Waals surface area contributed by atoms with E-state index in [2.05, 4.69) is 4.72 Å². The van der Waals surface area contributed by atoms with Gasteiger partial charge >= 0.3 is 0 Å². The molecule has 0 spiro atoms. The van der Waals surface area contributed by atoms with Gasteiger partial charge in [-0.2, -0.15) is 12.7 Å². The molecule has 0 aliphatic rings. The Morgan fingerprint density at radius 1 is 1.45 bits per heavy atom. The maximum absolute atomic E-state index is 11.0. The zero-order valence-corrected chi connectivity index (χ0v) is 8.11. The summed E-state index contributed by atoms with van der Waals surface area (Å²) in [6.45, 7) is 2.61. The first-order valence-corrected chi connectivity index (χ1v) is 5.13. The molecule has 0 rings (SSSR count). The second-order valence-electron chi connectivity index (χ2n) is 2.38. The maximum Gasteiger partial charge on any atom is 0.278 e. The fourth-order valence-corrected chi connectivity index (χ4v) is 1.34. The zero-order chi connectivity index (χ0) is 8.91. The van der Waals surface area contributed by atoms with Gasteiger partial charge in [0, 0.05) is 20.6 Å². The van der Waals surface area contributed by atoms with Gasteiger partial charge in [-0.25, -0.2) is 4.72 Å². The van der Waals surface area contributed by atoms with Crippen LogP contribution in [0.5, 0.6) is 0 Å². The van der Waals surface area contributed by atoms with Crippen molar-refractivity contribution >= 4 is 10.2 Å². The van der Waals surface area contributed by atoms with Crippen molar-refractivity contribution < 1.29 is 8.42 Å². The molecule has 0 aromatic heterocycles. The Labute approximate surface area is 68.8 Å². The summed E-state index contributed by atoms with van der Waals surface area (Å²) in [5.41, 5.74) is 0. The van der Waals surface area contributed by atoms with Crippen LogP contribution in [0.2, 0.25) is 0 Å². The van der Waals surface area contributed by atoms with Crippen molar-refractivity contribution in [3.8, 4) is 0 Å². The molecule has 5 heteroatoms.